The predicted molar refractivity (Wildman–Crippen MR) is 115 cm³/mol. The molecule has 0 aliphatic heterocycles. The van der Waals surface area contributed by atoms with E-state index in [1.165, 1.54) is 6.21 Å². The van der Waals surface area contributed by atoms with Crippen LogP contribution in [0.3, 0.4) is 0 Å². The van der Waals surface area contributed by atoms with E-state index in [2.05, 4.69) is 42.4 Å². The van der Waals surface area contributed by atoms with Crippen molar-refractivity contribution in [2.24, 2.45) is 5.10 Å². The van der Waals surface area contributed by atoms with Crippen molar-refractivity contribution >= 4 is 50.0 Å². The van der Waals surface area contributed by atoms with E-state index in [-0.39, 0.29) is 5.91 Å². The van der Waals surface area contributed by atoms with Crippen LogP contribution in [0.15, 0.2) is 86.8 Å². The van der Waals surface area contributed by atoms with Crippen molar-refractivity contribution < 1.29 is 14.3 Å². The maximum Gasteiger partial charge on any atom is 0.343 e. The number of hydrogen-bond acceptors (Lipinski definition) is 4. The first-order valence-corrected chi connectivity index (χ1v) is 9.77. The monoisotopic (exact) mass is 500 g/mol. The van der Waals surface area contributed by atoms with Crippen LogP contribution in [0.1, 0.15) is 26.3 Å². The van der Waals surface area contributed by atoms with Crippen LogP contribution in [0.4, 0.5) is 0 Å². The molecule has 0 spiro atoms. The number of rotatable bonds is 5. The number of ether oxygens (including phenoxy) is 1. The second kappa shape index (κ2) is 9.43. The quantitative estimate of drug-likeness (QED) is 0.226. The molecule has 28 heavy (non-hydrogen) atoms. The fraction of sp³-hybridized carbons (Fsp3) is 0. The van der Waals surface area contributed by atoms with Gasteiger partial charge in [0.1, 0.15) is 5.75 Å². The molecule has 1 N–H and O–H groups in total. The van der Waals surface area contributed by atoms with E-state index in [1.54, 1.807) is 66.7 Å². The topological polar surface area (TPSA) is 67.8 Å². The third kappa shape index (κ3) is 5.37. The van der Waals surface area contributed by atoms with Gasteiger partial charge in [-0.25, -0.2) is 10.2 Å². The molecule has 5 nitrogen and oxygen atoms in total. The number of nitrogens with one attached hydrogen (secondary N) is 1. The molecule has 7 heteroatoms. The summed E-state index contributed by atoms with van der Waals surface area (Å²) in [5.74, 6) is -0.489. The standard InChI is InChI=1S/C21H14Br2N2O3/c22-17-8-6-14(7-9-17)20(26)25-24-13-16-12-18(23)10-11-19(16)28-21(27)15-4-2-1-3-5-15/h1-13H,(H,25,26)/b24-13-. The van der Waals surface area contributed by atoms with Gasteiger partial charge in [0.15, 0.2) is 0 Å². The minimum absolute atomic E-state index is 0.332. The molecule has 3 rings (SSSR count). The highest BCUT2D eigenvalue weighted by Crippen LogP contribution is 2.23. The number of carbonyl (C=O) groups is 2. The van der Waals surface area contributed by atoms with E-state index in [1.807, 2.05) is 6.07 Å². The Kier molecular flexibility index (Phi) is 6.73. The van der Waals surface area contributed by atoms with Crippen molar-refractivity contribution in [2.45, 2.75) is 0 Å². The lowest BCUT2D eigenvalue weighted by Gasteiger charge is -2.08. The van der Waals surface area contributed by atoms with Gasteiger partial charge in [0.05, 0.1) is 11.8 Å². The summed E-state index contributed by atoms with van der Waals surface area (Å²) < 4.78 is 7.14. The minimum atomic E-state index is -0.475. The normalized spacial score (nSPS) is 10.6. The fourth-order valence-electron chi connectivity index (χ4n) is 2.27. The fourth-order valence-corrected chi connectivity index (χ4v) is 2.92. The Labute approximate surface area is 178 Å². The smallest absolute Gasteiger partial charge is 0.343 e. The third-order valence-electron chi connectivity index (χ3n) is 3.66. The third-order valence-corrected chi connectivity index (χ3v) is 4.68. The molecule has 140 valence electrons. The first kappa shape index (κ1) is 20.0. The molecule has 0 radical (unpaired) electrons. The predicted octanol–water partition coefficient (Wildman–Crippen LogP) is 5.19. The maximum absolute atomic E-state index is 12.3. The average Bonchev–Trinajstić information content (AvgIpc) is 2.71. The van der Waals surface area contributed by atoms with Crippen LogP contribution < -0.4 is 10.2 Å². The van der Waals surface area contributed by atoms with Gasteiger partial charge in [-0.3, -0.25) is 4.79 Å². The molecule has 0 saturated carbocycles. The highest BCUT2D eigenvalue weighted by molar-refractivity contribution is 9.10. The average molecular weight is 502 g/mol. The van der Waals surface area contributed by atoms with E-state index in [0.29, 0.717) is 22.4 Å². The second-order valence-corrected chi connectivity index (χ2v) is 7.48. The van der Waals surface area contributed by atoms with E-state index in [4.69, 9.17) is 4.74 Å². The van der Waals surface area contributed by atoms with E-state index < -0.39 is 5.97 Å². The second-order valence-electron chi connectivity index (χ2n) is 5.64. The van der Waals surface area contributed by atoms with Crippen molar-refractivity contribution in [3.05, 3.63) is 98.4 Å². The molecule has 1 amide bonds. The minimum Gasteiger partial charge on any atom is -0.422 e. The van der Waals surface area contributed by atoms with Gasteiger partial charge in [0.2, 0.25) is 0 Å². The van der Waals surface area contributed by atoms with Crippen molar-refractivity contribution in [3.63, 3.8) is 0 Å². The Bertz CT molecular complexity index is 1020. The van der Waals surface area contributed by atoms with E-state index in [9.17, 15) is 9.59 Å². The molecular weight excluding hydrogens is 488 g/mol. The molecule has 0 aromatic heterocycles. The number of hydrazone groups is 1. The van der Waals surface area contributed by atoms with Crippen molar-refractivity contribution in [3.8, 4) is 5.75 Å². The van der Waals surface area contributed by atoms with Crippen LogP contribution in [-0.4, -0.2) is 18.1 Å². The Balaban J connectivity index is 1.73. The number of halogens is 2. The Morgan fingerprint density at radius 2 is 1.54 bits per heavy atom. The summed E-state index contributed by atoms with van der Waals surface area (Å²) in [5, 5.41) is 3.97. The summed E-state index contributed by atoms with van der Waals surface area (Å²) in [5.41, 5.74) is 3.91. The van der Waals surface area contributed by atoms with Crippen molar-refractivity contribution in [2.75, 3.05) is 0 Å². The Hall–Kier alpha value is -2.77. The first-order chi connectivity index (χ1) is 13.5. The molecule has 3 aromatic rings. The Morgan fingerprint density at radius 3 is 2.25 bits per heavy atom. The molecule has 0 saturated heterocycles. The summed E-state index contributed by atoms with van der Waals surface area (Å²) in [6, 6.07) is 20.8. The van der Waals surface area contributed by atoms with Gasteiger partial charge in [-0.2, -0.15) is 5.10 Å². The molecule has 0 heterocycles. The molecular formula is C21H14Br2N2O3. The van der Waals surface area contributed by atoms with Crippen LogP contribution in [0.2, 0.25) is 0 Å². The largest absolute Gasteiger partial charge is 0.422 e. The van der Waals surface area contributed by atoms with Gasteiger partial charge in [-0.1, -0.05) is 50.1 Å². The lowest BCUT2D eigenvalue weighted by molar-refractivity contribution is 0.0734. The lowest BCUT2D eigenvalue weighted by Crippen LogP contribution is -2.17. The highest BCUT2D eigenvalue weighted by Gasteiger charge is 2.11. The number of benzene rings is 3. The van der Waals surface area contributed by atoms with E-state index >= 15 is 0 Å². The SMILES string of the molecule is O=C(N/N=C\c1cc(Br)ccc1OC(=O)c1ccccc1)c1ccc(Br)cc1. The number of nitrogens with zero attached hydrogens (tertiary/aromatic N) is 1. The molecule has 0 aliphatic rings. The van der Waals surface area contributed by atoms with Crippen LogP contribution in [0.5, 0.6) is 5.75 Å². The molecule has 0 atom stereocenters. The first-order valence-electron chi connectivity index (χ1n) is 8.19. The molecule has 0 unspecified atom stereocenters. The Morgan fingerprint density at radius 1 is 0.857 bits per heavy atom. The zero-order valence-corrected chi connectivity index (χ0v) is 17.6. The zero-order chi connectivity index (χ0) is 19.9. The molecule has 0 bridgehead atoms. The van der Waals surface area contributed by atoms with Crippen molar-refractivity contribution in [1.82, 2.24) is 5.43 Å². The van der Waals surface area contributed by atoms with Crippen LogP contribution >= 0.6 is 31.9 Å². The van der Waals surface area contributed by atoms with Crippen LogP contribution in [-0.2, 0) is 0 Å². The summed E-state index contributed by atoms with van der Waals surface area (Å²) in [6.07, 6.45) is 1.43. The zero-order valence-electron chi connectivity index (χ0n) is 14.4. The van der Waals surface area contributed by atoms with Gasteiger partial charge in [0, 0.05) is 20.1 Å². The van der Waals surface area contributed by atoms with Gasteiger partial charge in [-0.05, 0) is 54.6 Å². The maximum atomic E-state index is 12.3. The summed E-state index contributed by atoms with van der Waals surface area (Å²) in [4.78, 5) is 24.4. The number of hydrogen-bond donors (Lipinski definition) is 1. The summed E-state index contributed by atoms with van der Waals surface area (Å²) >= 11 is 6.70. The lowest BCUT2D eigenvalue weighted by atomic mass is 10.2. The van der Waals surface area contributed by atoms with Crippen molar-refractivity contribution in [1.29, 1.82) is 0 Å². The van der Waals surface area contributed by atoms with E-state index in [0.717, 1.165) is 8.95 Å². The number of esters is 1. The van der Waals surface area contributed by atoms with Gasteiger partial charge >= 0.3 is 5.97 Å². The van der Waals surface area contributed by atoms with Gasteiger partial charge in [0.25, 0.3) is 5.91 Å². The molecule has 3 aromatic carbocycles. The highest BCUT2D eigenvalue weighted by atomic mass is 79.9. The number of carbonyl (C=O) groups excluding carboxylic acids is 2. The summed E-state index contributed by atoms with van der Waals surface area (Å²) in [6.45, 7) is 0. The van der Waals surface area contributed by atoms with Crippen LogP contribution in [0.25, 0.3) is 0 Å². The van der Waals surface area contributed by atoms with Gasteiger partial charge in [-0.15, -0.1) is 0 Å². The molecule has 0 fully saturated rings. The molecule has 0 aliphatic carbocycles. The van der Waals surface area contributed by atoms with Gasteiger partial charge < -0.3 is 4.74 Å². The summed E-state index contributed by atoms with van der Waals surface area (Å²) in [7, 11) is 0. The number of amides is 1. The van der Waals surface area contributed by atoms with Crippen LogP contribution in [0, 0.1) is 0 Å².